The molecular formula is C61H80N7O17P. The summed E-state index contributed by atoms with van der Waals surface area (Å²) in [7, 11) is -4.28. The van der Waals surface area contributed by atoms with Crippen LogP contribution in [0.15, 0.2) is 97.1 Å². The molecule has 0 spiro atoms. The Kier molecular flexibility index (Phi) is 22.8. The van der Waals surface area contributed by atoms with E-state index in [1.54, 1.807) is 26.0 Å². The van der Waals surface area contributed by atoms with Crippen LogP contribution in [0.2, 0.25) is 0 Å². The van der Waals surface area contributed by atoms with Crippen molar-refractivity contribution in [3.63, 3.8) is 0 Å². The average Bonchev–Trinajstić information content (AvgIpc) is 2.43. The molecule has 14 atom stereocenters. The molecule has 24 nitrogen and oxygen atoms in total. The van der Waals surface area contributed by atoms with Crippen molar-refractivity contribution in [3.05, 3.63) is 108 Å². The highest BCUT2D eigenvalue weighted by molar-refractivity contribution is 7.61. The van der Waals surface area contributed by atoms with Gasteiger partial charge >= 0.3 is 7.60 Å². The number of β-amino-alcohol motifs (C(OH)–C–C–N with tert-alkyl or cyclic N) is 1. The summed E-state index contributed by atoms with van der Waals surface area (Å²) < 4.78 is 23.9. The van der Waals surface area contributed by atoms with Gasteiger partial charge in [-0.3, -0.25) is 38.1 Å². The Morgan fingerprint density at radius 2 is 1.20 bits per heavy atom. The number of benzene rings is 4. The fourth-order valence-electron chi connectivity index (χ4n) is 10.7. The zero-order valence-corrected chi connectivity index (χ0v) is 49.8. The second kappa shape index (κ2) is 29.5. The first-order valence-electron chi connectivity index (χ1n) is 29.0. The molecule has 3 fully saturated rings. The number of fused-ring (bicyclic) bond motifs is 2. The number of hydrogen-bond acceptors (Lipinski definition) is 16. The van der Waals surface area contributed by atoms with Gasteiger partial charge in [-0.05, 0) is 98.3 Å². The van der Waals surface area contributed by atoms with Crippen molar-refractivity contribution in [2.24, 2.45) is 5.92 Å². The van der Waals surface area contributed by atoms with Gasteiger partial charge in [-0.1, -0.05) is 87.4 Å². The van der Waals surface area contributed by atoms with Crippen LogP contribution < -0.4 is 36.6 Å². The van der Waals surface area contributed by atoms with Crippen LogP contribution in [0.4, 0.5) is 0 Å². The molecule has 1 unspecified atom stereocenters. The number of nitrogens with one attached hydrogen (secondary N) is 5. The Hall–Kier alpha value is -7.12. The van der Waals surface area contributed by atoms with E-state index in [9.17, 15) is 73.7 Å². The molecule has 7 rings (SSSR count). The second-order valence-corrected chi connectivity index (χ2v) is 24.5. The smallest absolute Gasteiger partial charge is 0.359 e. The lowest BCUT2D eigenvalue weighted by Crippen LogP contribution is -2.64. The highest BCUT2D eigenvalue weighted by Crippen LogP contribution is 2.42. The molecule has 25 heteroatoms. The largest absolute Gasteiger partial charge is 0.494 e. The van der Waals surface area contributed by atoms with E-state index >= 15 is 0 Å². The van der Waals surface area contributed by atoms with Gasteiger partial charge in [-0.15, -0.1) is 0 Å². The van der Waals surface area contributed by atoms with Gasteiger partial charge in [-0.2, -0.15) is 0 Å². The number of hydrogen-bond donors (Lipinski definition) is 12. The third-order valence-corrected chi connectivity index (χ3v) is 17.1. The number of aliphatic hydroxyl groups is 6. The maximum atomic E-state index is 14.6. The molecule has 4 aromatic rings. The first kappa shape index (κ1) is 66.4. The minimum Gasteiger partial charge on any atom is -0.494 e. The van der Waals surface area contributed by atoms with Gasteiger partial charge in [0.15, 0.2) is 0 Å². The van der Waals surface area contributed by atoms with Gasteiger partial charge in [0, 0.05) is 50.4 Å². The number of ether oxygens (including phenoxy) is 1. The predicted molar refractivity (Wildman–Crippen MR) is 315 cm³/mol. The van der Waals surface area contributed by atoms with Crippen molar-refractivity contribution in [1.29, 1.82) is 0 Å². The molecule has 0 aliphatic carbocycles. The van der Waals surface area contributed by atoms with Crippen LogP contribution in [-0.4, -0.2) is 192 Å². The van der Waals surface area contributed by atoms with Crippen LogP contribution in [0.1, 0.15) is 89.6 Å². The highest BCUT2D eigenvalue weighted by atomic mass is 31.2. The van der Waals surface area contributed by atoms with E-state index in [0.717, 1.165) is 70.9 Å². The Bertz CT molecular complexity index is 3060. The minimum absolute atomic E-state index is 0.0766. The molecule has 7 amide bonds. The number of unbranched alkanes of at least 4 members (excludes halogenated alkanes) is 2. The van der Waals surface area contributed by atoms with Gasteiger partial charge in [0.2, 0.25) is 35.4 Å². The quantitative estimate of drug-likeness (QED) is 0.0514. The average molecular weight is 1210 g/mol. The Morgan fingerprint density at radius 1 is 0.663 bits per heavy atom. The fourth-order valence-corrected chi connectivity index (χ4v) is 11.9. The van der Waals surface area contributed by atoms with Crippen molar-refractivity contribution < 1.29 is 82.9 Å². The molecule has 4 aromatic carbocycles. The topological polar surface area (TPSA) is 363 Å². The SMILES string of the molecule is CCCCCOc1ccc(-c2ccc(-c3ccc(C(=O)N[C@H]4C[C@@H](O)CNC(=O)[C@@H]5[C@@H](O)[C@@H](C)CN5C(=O)[C@H]([C@@H](C)O)NC(=O)[C@H]([C@H](O)Cc5ccc(P(=O)(O)OC(C)C)cc5)NC(=O)[C@@H]5C[C@@H](O)CN5C(=O)[C@H]([C@@H](C)O)NC4=O)cc3)cc2)cc1. The van der Waals surface area contributed by atoms with E-state index in [-0.39, 0.29) is 23.0 Å². The molecule has 0 saturated carbocycles. The lowest BCUT2D eigenvalue weighted by molar-refractivity contribution is -0.147. The van der Waals surface area contributed by atoms with Crippen LogP contribution in [0, 0.1) is 5.92 Å². The van der Waals surface area contributed by atoms with E-state index in [2.05, 4.69) is 33.5 Å². The van der Waals surface area contributed by atoms with Crippen LogP contribution >= 0.6 is 7.60 Å². The summed E-state index contributed by atoms with van der Waals surface area (Å²) in [5.41, 5.74) is 3.88. The van der Waals surface area contributed by atoms with Crippen molar-refractivity contribution in [2.45, 2.75) is 159 Å². The van der Waals surface area contributed by atoms with E-state index in [1.807, 2.05) is 48.5 Å². The van der Waals surface area contributed by atoms with Gasteiger partial charge in [0.25, 0.3) is 5.91 Å². The summed E-state index contributed by atoms with van der Waals surface area (Å²) in [5, 5.41) is 80.0. The molecule has 3 aliphatic rings. The molecule has 0 bridgehead atoms. The third kappa shape index (κ3) is 16.7. The predicted octanol–water partition coefficient (Wildman–Crippen LogP) is 0.794. The maximum Gasteiger partial charge on any atom is 0.359 e. The van der Waals surface area contributed by atoms with Gasteiger partial charge in [0.1, 0.15) is 42.0 Å². The summed E-state index contributed by atoms with van der Waals surface area (Å²) in [6.45, 7) is 8.33. The van der Waals surface area contributed by atoms with E-state index < -0.39 is 166 Å². The number of carbonyl (C=O) groups excluding carboxylic acids is 7. The fraction of sp³-hybridized carbons (Fsp3) is 0.492. The molecule has 0 radical (unpaired) electrons. The Morgan fingerprint density at radius 3 is 1.76 bits per heavy atom. The lowest BCUT2D eigenvalue weighted by atomic mass is 9.99. The maximum absolute atomic E-state index is 14.6. The van der Waals surface area contributed by atoms with Crippen molar-refractivity contribution in [1.82, 2.24) is 36.4 Å². The third-order valence-electron chi connectivity index (χ3n) is 15.5. The summed E-state index contributed by atoms with van der Waals surface area (Å²) in [6, 6.07) is 16.5. The summed E-state index contributed by atoms with van der Waals surface area (Å²) in [4.78, 5) is 113. The van der Waals surface area contributed by atoms with Crippen molar-refractivity contribution >= 4 is 54.3 Å². The molecule has 3 saturated heterocycles. The molecule has 3 aliphatic heterocycles. The van der Waals surface area contributed by atoms with Crippen LogP contribution in [0.5, 0.6) is 5.75 Å². The Balaban J connectivity index is 1.16. The molecule has 86 heavy (non-hydrogen) atoms. The monoisotopic (exact) mass is 1210 g/mol. The number of amides is 7. The summed E-state index contributed by atoms with van der Waals surface area (Å²) in [5.74, 6) is -7.42. The zero-order chi connectivity index (χ0) is 62.7. The van der Waals surface area contributed by atoms with Crippen molar-refractivity contribution in [2.75, 3.05) is 26.2 Å². The number of carbonyl (C=O) groups is 7. The van der Waals surface area contributed by atoms with Gasteiger partial charge in [0.05, 0.1) is 54.6 Å². The van der Waals surface area contributed by atoms with E-state index in [0.29, 0.717) is 6.61 Å². The second-order valence-electron chi connectivity index (χ2n) is 22.7. The first-order chi connectivity index (χ1) is 40.8. The Labute approximate surface area is 499 Å². The summed E-state index contributed by atoms with van der Waals surface area (Å²) >= 11 is 0. The molecule has 3 heterocycles. The molecular weight excluding hydrogens is 1130 g/mol. The normalized spacial score (nSPS) is 26.4. The van der Waals surface area contributed by atoms with Crippen LogP contribution in [-0.2, 0) is 44.3 Å². The number of aliphatic hydroxyl groups excluding tert-OH is 6. The summed E-state index contributed by atoms with van der Waals surface area (Å²) in [6.07, 6.45) is -8.81. The van der Waals surface area contributed by atoms with Gasteiger partial charge in [-0.25, -0.2) is 0 Å². The lowest BCUT2D eigenvalue weighted by Gasteiger charge is -2.33. The standard InChI is InChI=1S/C61H80N7O17P/c1-7-8-9-26-84-45-22-20-41(21-23-45)39-14-12-38(13-15-39)40-16-18-42(19-17-40)55(75)63-47-28-43(71)30-62-59(79)53-54(74)34(4)31-68(53)61(81)51(36(6)70)65-58(78)52(49(73)27-37-10-24-46(25-11-37)86(82,83)85-33(2)3)66-57(77)48-29-44(72)32-67(48)60(80)50(35(5)69)64-56(47)76/h10-25,33-36,43-44,47-54,69-74H,7-9,26-32H2,1-6H3,(H,62,79)(H,63,75)(H,64,76)(H,65,78)(H,66,77)(H,82,83)/t34-,35+,36+,43+,44+,47-,48-,49+,50-,51-,52-,53-,54-/m0/s1. The molecule has 466 valence electrons. The van der Waals surface area contributed by atoms with E-state index in [1.165, 1.54) is 43.3 Å². The van der Waals surface area contributed by atoms with Crippen LogP contribution in [0.25, 0.3) is 22.3 Å². The highest BCUT2D eigenvalue weighted by Gasteiger charge is 2.49. The van der Waals surface area contributed by atoms with Gasteiger partial charge < -0.3 is 81.2 Å². The molecule has 0 aromatic heterocycles. The number of rotatable bonds is 17. The molecule has 12 N–H and O–H groups in total. The zero-order valence-electron chi connectivity index (χ0n) is 48.9. The van der Waals surface area contributed by atoms with Crippen LogP contribution in [0.3, 0.4) is 0 Å². The first-order valence-corrected chi connectivity index (χ1v) is 30.6. The minimum atomic E-state index is -4.28. The number of nitrogens with zero attached hydrogens (tertiary/aromatic N) is 2. The van der Waals surface area contributed by atoms with E-state index in [4.69, 9.17) is 9.26 Å². The van der Waals surface area contributed by atoms with Crippen molar-refractivity contribution in [3.8, 4) is 28.0 Å².